The van der Waals surface area contributed by atoms with Crippen molar-refractivity contribution in [2.24, 2.45) is 0 Å². The first-order valence-electron chi connectivity index (χ1n) is 10.2. The van der Waals surface area contributed by atoms with Crippen LogP contribution >= 0.6 is 0 Å². The van der Waals surface area contributed by atoms with Crippen LogP contribution in [0, 0.1) is 0 Å². The molecule has 2 aliphatic heterocycles. The van der Waals surface area contributed by atoms with Crippen LogP contribution in [-0.2, 0) is 20.7 Å². The molecule has 2 atom stereocenters. The van der Waals surface area contributed by atoms with Crippen molar-refractivity contribution in [1.29, 1.82) is 0 Å². The molecule has 4 rings (SSSR count). The van der Waals surface area contributed by atoms with Crippen molar-refractivity contribution >= 4 is 23.2 Å². The van der Waals surface area contributed by atoms with Gasteiger partial charge in [0.05, 0.1) is 5.69 Å². The van der Waals surface area contributed by atoms with Gasteiger partial charge in [0.1, 0.15) is 11.9 Å². The number of anilines is 2. The van der Waals surface area contributed by atoms with Crippen LogP contribution in [0.25, 0.3) is 0 Å². The number of nitrogens with one attached hydrogen (secondary N) is 1. The normalized spacial score (nSPS) is 20.9. The third kappa shape index (κ3) is 4.43. The number of hydrogen-bond donors (Lipinski definition) is 1. The van der Waals surface area contributed by atoms with Gasteiger partial charge < -0.3 is 19.7 Å². The molecule has 0 bridgehead atoms. The minimum atomic E-state index is -0.522. The first kappa shape index (κ1) is 19.5. The van der Waals surface area contributed by atoms with Crippen molar-refractivity contribution in [3.8, 4) is 5.75 Å². The summed E-state index contributed by atoms with van der Waals surface area (Å²) < 4.78 is 11.2. The molecule has 2 unspecified atom stereocenters. The second-order valence-electron chi connectivity index (χ2n) is 7.51. The highest BCUT2D eigenvalue weighted by atomic mass is 16.5. The molecule has 6 heteroatoms. The third-order valence-corrected chi connectivity index (χ3v) is 5.35. The molecule has 1 N–H and O–H groups in total. The summed E-state index contributed by atoms with van der Waals surface area (Å²) in [6, 6.07) is 15.7. The lowest BCUT2D eigenvalue weighted by Gasteiger charge is -2.33. The SMILES string of the molecule is CC1Oc2ccc(NC(=O)C3CCCO3)cc2N(CCCc2ccccc2)C1=O. The summed E-state index contributed by atoms with van der Waals surface area (Å²) in [4.78, 5) is 26.9. The molecule has 0 saturated carbocycles. The number of rotatable bonds is 6. The summed E-state index contributed by atoms with van der Waals surface area (Å²) in [6.45, 7) is 2.98. The molecule has 0 spiro atoms. The standard InChI is InChI=1S/C23H26N2O4/c1-16-23(27)25(13-5-9-17-7-3-2-4-8-17)19-15-18(11-12-20(19)29-16)24-22(26)21-10-6-14-28-21/h2-4,7-8,11-12,15-16,21H,5-6,9-10,13-14H2,1H3,(H,24,26). The highest BCUT2D eigenvalue weighted by Crippen LogP contribution is 2.36. The number of carbonyl (C=O) groups excluding carboxylic acids is 2. The van der Waals surface area contributed by atoms with E-state index >= 15 is 0 Å². The molecule has 2 heterocycles. The average Bonchev–Trinajstić information content (AvgIpc) is 3.27. The Morgan fingerprint density at radius 1 is 1.21 bits per heavy atom. The fraction of sp³-hybridized carbons (Fsp3) is 0.391. The molecule has 1 saturated heterocycles. The van der Waals surface area contributed by atoms with Crippen molar-refractivity contribution in [3.63, 3.8) is 0 Å². The number of fused-ring (bicyclic) bond motifs is 1. The highest BCUT2D eigenvalue weighted by molar-refractivity contribution is 6.01. The topological polar surface area (TPSA) is 67.9 Å². The van der Waals surface area contributed by atoms with E-state index in [1.54, 1.807) is 17.9 Å². The molecular formula is C23H26N2O4. The Kier molecular flexibility index (Phi) is 5.81. The lowest BCUT2D eigenvalue weighted by Crippen LogP contribution is -2.45. The van der Waals surface area contributed by atoms with Crippen molar-refractivity contribution in [2.45, 2.75) is 44.8 Å². The van der Waals surface area contributed by atoms with E-state index in [0.29, 0.717) is 30.3 Å². The Balaban J connectivity index is 1.48. The van der Waals surface area contributed by atoms with Gasteiger partial charge in [0.2, 0.25) is 0 Å². The minimum absolute atomic E-state index is 0.0619. The Labute approximate surface area is 170 Å². The van der Waals surface area contributed by atoms with E-state index in [4.69, 9.17) is 9.47 Å². The van der Waals surface area contributed by atoms with E-state index < -0.39 is 12.2 Å². The van der Waals surface area contributed by atoms with Gasteiger partial charge >= 0.3 is 0 Å². The predicted octanol–water partition coefficient (Wildman–Crippen LogP) is 3.55. The van der Waals surface area contributed by atoms with E-state index in [2.05, 4.69) is 17.4 Å². The summed E-state index contributed by atoms with van der Waals surface area (Å²) in [7, 11) is 0. The smallest absolute Gasteiger partial charge is 0.267 e. The number of ether oxygens (including phenoxy) is 2. The molecular weight excluding hydrogens is 368 g/mol. The van der Waals surface area contributed by atoms with Crippen LogP contribution in [0.3, 0.4) is 0 Å². The van der Waals surface area contributed by atoms with Crippen LogP contribution in [0.4, 0.5) is 11.4 Å². The number of amides is 2. The van der Waals surface area contributed by atoms with Gasteiger partial charge in [-0.3, -0.25) is 9.59 Å². The molecule has 0 aromatic heterocycles. The first-order chi connectivity index (χ1) is 14.1. The molecule has 2 aromatic rings. The summed E-state index contributed by atoms with van der Waals surface area (Å²) in [5.74, 6) is 0.453. The quantitative estimate of drug-likeness (QED) is 0.814. The fourth-order valence-electron chi connectivity index (χ4n) is 3.81. The van der Waals surface area contributed by atoms with Crippen LogP contribution in [0.15, 0.2) is 48.5 Å². The fourth-order valence-corrected chi connectivity index (χ4v) is 3.81. The zero-order valence-corrected chi connectivity index (χ0v) is 16.6. The summed E-state index contributed by atoms with van der Waals surface area (Å²) >= 11 is 0. The van der Waals surface area contributed by atoms with Crippen LogP contribution in [0.2, 0.25) is 0 Å². The molecule has 0 radical (unpaired) electrons. The van der Waals surface area contributed by atoms with Gasteiger partial charge in [-0.1, -0.05) is 30.3 Å². The van der Waals surface area contributed by atoms with E-state index in [9.17, 15) is 9.59 Å². The largest absolute Gasteiger partial charge is 0.479 e. The highest BCUT2D eigenvalue weighted by Gasteiger charge is 2.32. The summed E-state index contributed by atoms with van der Waals surface area (Å²) in [5.41, 5.74) is 2.59. The molecule has 1 fully saturated rings. The van der Waals surface area contributed by atoms with Gasteiger partial charge in [-0.15, -0.1) is 0 Å². The number of hydrogen-bond acceptors (Lipinski definition) is 4. The zero-order chi connectivity index (χ0) is 20.2. The van der Waals surface area contributed by atoms with E-state index in [-0.39, 0.29) is 11.8 Å². The lowest BCUT2D eigenvalue weighted by atomic mass is 10.1. The van der Waals surface area contributed by atoms with Crippen LogP contribution < -0.4 is 15.0 Å². The van der Waals surface area contributed by atoms with Gasteiger partial charge in [0.15, 0.2) is 6.10 Å². The van der Waals surface area contributed by atoms with Crippen molar-refractivity contribution < 1.29 is 19.1 Å². The first-order valence-corrected chi connectivity index (χ1v) is 10.2. The maximum Gasteiger partial charge on any atom is 0.267 e. The number of carbonyl (C=O) groups is 2. The maximum absolute atomic E-state index is 12.8. The number of aryl methyl sites for hydroxylation is 1. The van der Waals surface area contributed by atoms with E-state index in [1.807, 2.05) is 30.3 Å². The van der Waals surface area contributed by atoms with Gasteiger partial charge in [-0.05, 0) is 56.4 Å². The van der Waals surface area contributed by atoms with Crippen LogP contribution in [0.1, 0.15) is 31.7 Å². The molecule has 29 heavy (non-hydrogen) atoms. The van der Waals surface area contributed by atoms with E-state index in [0.717, 1.165) is 25.7 Å². The molecule has 2 aliphatic rings. The Bertz CT molecular complexity index is 878. The minimum Gasteiger partial charge on any atom is -0.479 e. The van der Waals surface area contributed by atoms with E-state index in [1.165, 1.54) is 5.56 Å². The Morgan fingerprint density at radius 3 is 2.79 bits per heavy atom. The molecule has 152 valence electrons. The summed E-state index contributed by atoms with van der Waals surface area (Å²) in [6.07, 6.45) is 2.45. The second-order valence-corrected chi connectivity index (χ2v) is 7.51. The van der Waals surface area contributed by atoms with Gasteiger partial charge in [0.25, 0.3) is 11.8 Å². The predicted molar refractivity (Wildman–Crippen MR) is 111 cm³/mol. The number of nitrogens with zero attached hydrogens (tertiary/aromatic N) is 1. The number of benzene rings is 2. The van der Waals surface area contributed by atoms with Crippen LogP contribution in [-0.4, -0.2) is 37.2 Å². The second kappa shape index (κ2) is 8.66. The maximum atomic E-state index is 12.8. The Hall–Kier alpha value is -2.86. The van der Waals surface area contributed by atoms with Crippen molar-refractivity contribution in [2.75, 3.05) is 23.4 Å². The van der Waals surface area contributed by atoms with Gasteiger partial charge in [0, 0.05) is 18.8 Å². The molecule has 0 aliphatic carbocycles. The van der Waals surface area contributed by atoms with Crippen molar-refractivity contribution in [3.05, 3.63) is 54.1 Å². The van der Waals surface area contributed by atoms with Crippen molar-refractivity contribution in [1.82, 2.24) is 0 Å². The molecule has 6 nitrogen and oxygen atoms in total. The zero-order valence-electron chi connectivity index (χ0n) is 16.6. The van der Waals surface area contributed by atoms with Gasteiger partial charge in [-0.25, -0.2) is 0 Å². The lowest BCUT2D eigenvalue weighted by molar-refractivity contribution is -0.125. The van der Waals surface area contributed by atoms with Gasteiger partial charge in [-0.2, -0.15) is 0 Å². The average molecular weight is 394 g/mol. The monoisotopic (exact) mass is 394 g/mol. The van der Waals surface area contributed by atoms with Crippen LogP contribution in [0.5, 0.6) is 5.75 Å². The summed E-state index contributed by atoms with van der Waals surface area (Å²) in [5, 5.41) is 2.91. The molecule has 2 amide bonds. The Morgan fingerprint density at radius 2 is 2.03 bits per heavy atom. The molecule has 2 aromatic carbocycles. The third-order valence-electron chi connectivity index (χ3n) is 5.35.